The maximum absolute atomic E-state index is 5.62. The number of thiocarbonyl (C=S) groups is 1. The van der Waals surface area contributed by atoms with Crippen LogP contribution in [-0.2, 0) is 0 Å². The fourth-order valence-electron chi connectivity index (χ4n) is 2.95. The van der Waals surface area contributed by atoms with Gasteiger partial charge in [-0.1, -0.05) is 19.4 Å². The van der Waals surface area contributed by atoms with Crippen LogP contribution in [-0.4, -0.2) is 21.5 Å². The molecular formula is C17H21N3S2. The molecule has 1 N–H and O–H groups in total. The molecule has 3 rings (SSSR count). The number of thiophene rings is 1. The first-order valence-corrected chi connectivity index (χ1v) is 9.03. The Bertz CT molecular complexity index is 638. The molecule has 1 aliphatic rings. The van der Waals surface area contributed by atoms with E-state index in [-0.39, 0.29) is 12.1 Å². The van der Waals surface area contributed by atoms with Crippen molar-refractivity contribution in [1.82, 2.24) is 15.2 Å². The highest BCUT2D eigenvalue weighted by Gasteiger charge is 2.40. The predicted octanol–water partition coefficient (Wildman–Crippen LogP) is 4.22. The summed E-state index contributed by atoms with van der Waals surface area (Å²) >= 11 is 7.43. The highest BCUT2D eigenvalue weighted by atomic mass is 32.1. The van der Waals surface area contributed by atoms with Crippen LogP contribution in [0.4, 0.5) is 0 Å². The number of unbranched alkanes of at least 4 members (excludes halogenated alkanes) is 1. The van der Waals surface area contributed by atoms with Crippen molar-refractivity contribution in [2.45, 2.75) is 38.8 Å². The van der Waals surface area contributed by atoms with Gasteiger partial charge in [-0.2, -0.15) is 0 Å². The lowest BCUT2D eigenvalue weighted by Crippen LogP contribution is -2.30. The quantitative estimate of drug-likeness (QED) is 0.830. The Hall–Kier alpha value is -1.46. The van der Waals surface area contributed by atoms with E-state index < -0.39 is 0 Å². The molecule has 0 amide bonds. The average Bonchev–Trinajstić information content (AvgIpc) is 3.09. The zero-order valence-corrected chi connectivity index (χ0v) is 14.6. The minimum absolute atomic E-state index is 0.128. The number of nitrogens with one attached hydrogen (secondary N) is 1. The second kappa shape index (κ2) is 6.75. The summed E-state index contributed by atoms with van der Waals surface area (Å²) in [4.78, 5) is 8.29. The Balaban J connectivity index is 1.99. The van der Waals surface area contributed by atoms with E-state index in [9.17, 15) is 0 Å². The van der Waals surface area contributed by atoms with Crippen LogP contribution in [0, 0.1) is 6.92 Å². The summed E-state index contributed by atoms with van der Waals surface area (Å²) in [6.45, 7) is 5.39. The number of hydrogen-bond acceptors (Lipinski definition) is 3. The number of aryl methyl sites for hydroxylation is 1. The maximum Gasteiger partial charge on any atom is 0.170 e. The summed E-state index contributed by atoms with van der Waals surface area (Å²) in [6, 6.07) is 8.64. The molecule has 0 aromatic carbocycles. The minimum atomic E-state index is 0.128. The van der Waals surface area contributed by atoms with Crippen LogP contribution in [0.3, 0.4) is 0 Å². The second-order valence-corrected chi connectivity index (χ2v) is 6.98. The molecule has 1 fully saturated rings. The lowest BCUT2D eigenvalue weighted by molar-refractivity contribution is 0.316. The van der Waals surface area contributed by atoms with Crippen LogP contribution in [0.5, 0.6) is 0 Å². The van der Waals surface area contributed by atoms with Gasteiger partial charge >= 0.3 is 0 Å². The molecule has 2 aromatic rings. The molecule has 5 heteroatoms. The van der Waals surface area contributed by atoms with E-state index in [0.717, 1.165) is 23.8 Å². The molecule has 0 saturated carbocycles. The third-order valence-electron chi connectivity index (χ3n) is 4.12. The minimum Gasteiger partial charge on any atom is -0.352 e. The van der Waals surface area contributed by atoms with E-state index in [1.54, 1.807) is 0 Å². The Labute approximate surface area is 141 Å². The number of nitrogens with zero attached hydrogens (tertiary/aromatic N) is 2. The van der Waals surface area contributed by atoms with E-state index in [2.05, 4.69) is 46.6 Å². The van der Waals surface area contributed by atoms with Gasteiger partial charge in [-0.15, -0.1) is 11.3 Å². The Morgan fingerprint density at radius 3 is 2.86 bits per heavy atom. The normalized spacial score (nSPS) is 21.2. The third-order valence-corrected chi connectivity index (χ3v) is 5.56. The number of rotatable bonds is 5. The smallest absolute Gasteiger partial charge is 0.170 e. The lowest BCUT2D eigenvalue weighted by Gasteiger charge is -2.27. The number of pyridine rings is 1. The van der Waals surface area contributed by atoms with Crippen LogP contribution in [0.25, 0.3) is 0 Å². The number of aromatic nitrogens is 1. The first kappa shape index (κ1) is 15.4. The van der Waals surface area contributed by atoms with Gasteiger partial charge in [-0.05, 0) is 54.7 Å². The zero-order chi connectivity index (χ0) is 15.5. The van der Waals surface area contributed by atoms with Crippen molar-refractivity contribution in [3.8, 4) is 0 Å². The molecule has 2 aromatic heterocycles. The van der Waals surface area contributed by atoms with Crippen LogP contribution in [0.2, 0.25) is 0 Å². The fraction of sp³-hybridized carbons (Fsp3) is 0.412. The molecule has 0 radical (unpaired) electrons. The van der Waals surface area contributed by atoms with Crippen molar-refractivity contribution in [1.29, 1.82) is 0 Å². The van der Waals surface area contributed by atoms with E-state index in [1.807, 2.05) is 29.7 Å². The van der Waals surface area contributed by atoms with Crippen LogP contribution >= 0.6 is 23.6 Å². The van der Waals surface area contributed by atoms with Crippen molar-refractivity contribution in [2.75, 3.05) is 6.54 Å². The van der Waals surface area contributed by atoms with Gasteiger partial charge in [0.25, 0.3) is 0 Å². The monoisotopic (exact) mass is 331 g/mol. The van der Waals surface area contributed by atoms with Crippen molar-refractivity contribution in [3.05, 3.63) is 52.0 Å². The standard InChI is InChI=1S/C17H21N3S2/c1-3-4-10-20-15(16-12(2)8-11-22-16)14(19-17(20)21)13-7-5-6-9-18-13/h5-9,11,14-15H,3-4,10H2,1-2H3,(H,19,21)/t14-,15-/m1/s1. The predicted molar refractivity (Wildman–Crippen MR) is 96.1 cm³/mol. The molecule has 0 aliphatic carbocycles. The molecule has 3 heterocycles. The van der Waals surface area contributed by atoms with Crippen molar-refractivity contribution in [3.63, 3.8) is 0 Å². The van der Waals surface area contributed by atoms with Gasteiger partial charge in [0.05, 0.1) is 17.8 Å². The second-order valence-electron chi connectivity index (χ2n) is 5.64. The van der Waals surface area contributed by atoms with Crippen molar-refractivity contribution < 1.29 is 0 Å². The SMILES string of the molecule is CCCCN1C(=S)N[C@H](c2ccccn2)[C@@H]1c1sccc1C. The van der Waals surface area contributed by atoms with Gasteiger partial charge in [0.1, 0.15) is 0 Å². The Kier molecular flexibility index (Phi) is 4.74. The van der Waals surface area contributed by atoms with E-state index in [4.69, 9.17) is 12.2 Å². The highest BCUT2D eigenvalue weighted by Crippen LogP contribution is 2.41. The molecule has 2 atom stereocenters. The molecule has 1 aliphatic heterocycles. The summed E-state index contributed by atoms with van der Waals surface area (Å²) in [7, 11) is 0. The van der Waals surface area contributed by atoms with Crippen molar-refractivity contribution >= 4 is 28.7 Å². The molecule has 0 bridgehead atoms. The van der Waals surface area contributed by atoms with E-state index in [0.29, 0.717) is 0 Å². The lowest BCUT2D eigenvalue weighted by atomic mass is 10.0. The van der Waals surface area contributed by atoms with Crippen LogP contribution < -0.4 is 5.32 Å². The molecule has 116 valence electrons. The summed E-state index contributed by atoms with van der Waals surface area (Å²) in [6.07, 6.45) is 4.17. The first-order chi connectivity index (χ1) is 10.7. The molecule has 0 spiro atoms. The zero-order valence-electron chi connectivity index (χ0n) is 13.0. The summed E-state index contributed by atoms with van der Waals surface area (Å²) in [5.41, 5.74) is 2.39. The highest BCUT2D eigenvalue weighted by molar-refractivity contribution is 7.80. The van der Waals surface area contributed by atoms with Crippen LogP contribution in [0.15, 0.2) is 35.8 Å². The van der Waals surface area contributed by atoms with Crippen LogP contribution in [0.1, 0.15) is 48.0 Å². The summed E-state index contributed by atoms with van der Waals surface area (Å²) in [5.74, 6) is 0. The van der Waals surface area contributed by atoms with Gasteiger partial charge in [0.2, 0.25) is 0 Å². The molecule has 22 heavy (non-hydrogen) atoms. The third kappa shape index (κ3) is 2.88. The molecule has 0 unspecified atom stereocenters. The fourth-order valence-corrected chi connectivity index (χ4v) is 4.35. The largest absolute Gasteiger partial charge is 0.352 e. The Morgan fingerprint density at radius 1 is 1.36 bits per heavy atom. The topological polar surface area (TPSA) is 28.2 Å². The molecular weight excluding hydrogens is 310 g/mol. The van der Waals surface area contributed by atoms with Gasteiger partial charge in [-0.3, -0.25) is 4.98 Å². The Morgan fingerprint density at radius 2 is 2.23 bits per heavy atom. The van der Waals surface area contributed by atoms with Gasteiger partial charge in [-0.25, -0.2) is 0 Å². The van der Waals surface area contributed by atoms with Gasteiger partial charge in [0, 0.05) is 17.6 Å². The van der Waals surface area contributed by atoms with Crippen molar-refractivity contribution in [2.24, 2.45) is 0 Å². The first-order valence-electron chi connectivity index (χ1n) is 7.74. The van der Waals surface area contributed by atoms with E-state index >= 15 is 0 Å². The summed E-state index contributed by atoms with van der Waals surface area (Å²) in [5, 5.41) is 6.51. The average molecular weight is 332 g/mol. The number of hydrogen-bond donors (Lipinski definition) is 1. The van der Waals surface area contributed by atoms with Gasteiger partial charge < -0.3 is 10.2 Å². The summed E-state index contributed by atoms with van der Waals surface area (Å²) < 4.78 is 0. The van der Waals surface area contributed by atoms with Gasteiger partial charge in [0.15, 0.2) is 5.11 Å². The molecule has 3 nitrogen and oxygen atoms in total. The maximum atomic E-state index is 5.62. The molecule has 1 saturated heterocycles. The van der Waals surface area contributed by atoms with E-state index in [1.165, 1.54) is 16.9 Å².